The molecular weight excluding hydrogens is 302 g/mol. The molecule has 0 bridgehead atoms. The second-order valence-corrected chi connectivity index (χ2v) is 4.52. The number of carboxylic acid groups (broad SMARTS) is 2. The summed E-state index contributed by atoms with van der Waals surface area (Å²) in [6.45, 7) is -0.319. The zero-order valence-corrected chi connectivity index (χ0v) is 11.8. The highest BCUT2D eigenvalue weighted by molar-refractivity contribution is 5.97. The summed E-state index contributed by atoms with van der Waals surface area (Å²) in [4.78, 5) is 33.5. The minimum Gasteiger partial charge on any atom is -0.545 e. The van der Waals surface area contributed by atoms with Gasteiger partial charge in [0, 0.05) is 5.69 Å². The molecule has 23 heavy (non-hydrogen) atoms. The van der Waals surface area contributed by atoms with Gasteiger partial charge in [-0.1, -0.05) is 18.2 Å². The number of benzene rings is 2. The topological polar surface area (TPSA) is 119 Å². The first-order valence-corrected chi connectivity index (χ1v) is 6.51. The maximum Gasteiger partial charge on any atom is 0.262 e. The largest absolute Gasteiger partial charge is 0.545 e. The van der Waals surface area contributed by atoms with E-state index in [1.54, 1.807) is 30.3 Å². The molecule has 0 fully saturated rings. The van der Waals surface area contributed by atoms with Crippen molar-refractivity contribution in [2.24, 2.45) is 0 Å². The number of ether oxygens (including phenoxy) is 1. The van der Waals surface area contributed by atoms with Crippen molar-refractivity contribution >= 4 is 23.5 Å². The zero-order valence-electron chi connectivity index (χ0n) is 11.8. The van der Waals surface area contributed by atoms with Crippen molar-refractivity contribution in [3.05, 3.63) is 59.7 Å². The first kappa shape index (κ1) is 16.0. The molecule has 118 valence electrons. The summed E-state index contributed by atoms with van der Waals surface area (Å²) in [5.41, 5.74) is -0.774. The number of anilines is 1. The van der Waals surface area contributed by atoms with Gasteiger partial charge in [-0.05, 0) is 41.5 Å². The van der Waals surface area contributed by atoms with Crippen LogP contribution < -0.4 is 20.3 Å². The van der Waals surface area contributed by atoms with E-state index in [0.29, 0.717) is 5.75 Å². The summed E-state index contributed by atoms with van der Waals surface area (Å²) < 4.78 is 5.23. The minimum absolute atomic E-state index is 0.00689. The molecule has 0 radical (unpaired) electrons. The second-order valence-electron chi connectivity index (χ2n) is 4.52. The van der Waals surface area contributed by atoms with E-state index < -0.39 is 17.8 Å². The van der Waals surface area contributed by atoms with Crippen molar-refractivity contribution in [2.75, 3.05) is 11.9 Å². The van der Waals surface area contributed by atoms with E-state index in [4.69, 9.17) is 4.74 Å². The number of hydrogen-bond acceptors (Lipinski definition) is 6. The van der Waals surface area contributed by atoms with Crippen molar-refractivity contribution in [1.29, 1.82) is 0 Å². The van der Waals surface area contributed by atoms with Crippen LogP contribution in [0.1, 0.15) is 20.7 Å². The van der Waals surface area contributed by atoms with E-state index in [-0.39, 0.29) is 23.4 Å². The Balaban J connectivity index is 2.07. The first-order valence-electron chi connectivity index (χ1n) is 6.51. The van der Waals surface area contributed by atoms with Crippen LogP contribution in [0.4, 0.5) is 5.69 Å². The average molecular weight is 313 g/mol. The lowest BCUT2D eigenvalue weighted by Crippen LogP contribution is -2.27. The van der Waals surface area contributed by atoms with Crippen LogP contribution in [-0.2, 0) is 4.79 Å². The molecule has 0 aromatic heterocycles. The molecule has 0 heterocycles. The van der Waals surface area contributed by atoms with E-state index in [0.717, 1.165) is 18.2 Å². The van der Waals surface area contributed by atoms with E-state index >= 15 is 0 Å². The number of carbonyl (C=O) groups is 3. The lowest BCUT2D eigenvalue weighted by Gasteiger charge is -2.12. The van der Waals surface area contributed by atoms with Gasteiger partial charge in [-0.25, -0.2) is 0 Å². The molecule has 1 amide bonds. The molecule has 7 heteroatoms. The summed E-state index contributed by atoms with van der Waals surface area (Å²) in [5, 5.41) is 24.1. The van der Waals surface area contributed by atoms with E-state index in [1.165, 1.54) is 0 Å². The lowest BCUT2D eigenvalue weighted by molar-refractivity contribution is -0.255. The van der Waals surface area contributed by atoms with Crippen molar-refractivity contribution < 1.29 is 29.3 Å². The molecule has 0 unspecified atom stereocenters. The van der Waals surface area contributed by atoms with Gasteiger partial charge in [0.15, 0.2) is 6.61 Å². The fraction of sp³-hybridized carbons (Fsp3) is 0.0625. The second kappa shape index (κ2) is 7.08. The summed E-state index contributed by atoms with van der Waals surface area (Å²) >= 11 is 0. The number of aromatic carboxylic acids is 2. The summed E-state index contributed by atoms with van der Waals surface area (Å²) in [7, 11) is 0. The molecule has 0 aliphatic rings. The lowest BCUT2D eigenvalue weighted by atomic mass is 10.1. The smallest absolute Gasteiger partial charge is 0.262 e. The van der Waals surface area contributed by atoms with E-state index in [2.05, 4.69) is 5.32 Å². The number of nitrogens with one attached hydrogen (secondary N) is 1. The molecule has 1 N–H and O–H groups in total. The molecular formula is C16H11NO6-2. The molecule has 7 nitrogen and oxygen atoms in total. The zero-order chi connectivity index (χ0) is 16.8. The van der Waals surface area contributed by atoms with Crippen LogP contribution in [-0.4, -0.2) is 24.5 Å². The fourth-order valence-corrected chi connectivity index (χ4v) is 1.80. The number of para-hydroxylation sites is 1. The number of carbonyl (C=O) groups excluding carboxylic acids is 3. The maximum atomic E-state index is 11.8. The third kappa shape index (κ3) is 4.57. The van der Waals surface area contributed by atoms with Gasteiger partial charge in [-0.2, -0.15) is 0 Å². The molecule has 0 spiro atoms. The summed E-state index contributed by atoms with van der Waals surface area (Å²) in [6.07, 6.45) is 0. The Labute approximate surface area is 131 Å². The number of hydrogen-bond donors (Lipinski definition) is 1. The number of amides is 1. The Bertz CT molecular complexity index is 709. The van der Waals surface area contributed by atoms with E-state index in [9.17, 15) is 24.6 Å². The highest BCUT2D eigenvalue weighted by atomic mass is 16.5. The Morgan fingerprint density at radius 2 is 1.48 bits per heavy atom. The highest BCUT2D eigenvalue weighted by Crippen LogP contribution is 2.15. The highest BCUT2D eigenvalue weighted by Gasteiger charge is 2.07. The third-order valence-corrected chi connectivity index (χ3v) is 2.80. The van der Waals surface area contributed by atoms with Gasteiger partial charge >= 0.3 is 0 Å². The SMILES string of the molecule is O=C(COc1ccccc1)Nc1cc(C(=O)[O-])cc(C(=O)[O-])c1. The Hall–Kier alpha value is -3.35. The summed E-state index contributed by atoms with van der Waals surface area (Å²) in [5.74, 6) is -3.22. The number of carboxylic acids is 2. The average Bonchev–Trinajstić information content (AvgIpc) is 2.53. The molecule has 2 aromatic rings. The first-order chi connectivity index (χ1) is 11.0. The van der Waals surface area contributed by atoms with Crippen LogP contribution in [0, 0.1) is 0 Å². The van der Waals surface area contributed by atoms with Crippen LogP contribution in [0.15, 0.2) is 48.5 Å². The fourth-order valence-electron chi connectivity index (χ4n) is 1.80. The third-order valence-electron chi connectivity index (χ3n) is 2.80. The minimum atomic E-state index is -1.57. The number of rotatable bonds is 6. The van der Waals surface area contributed by atoms with Crippen molar-refractivity contribution in [3.63, 3.8) is 0 Å². The molecule has 2 aromatic carbocycles. The van der Waals surface area contributed by atoms with Crippen molar-refractivity contribution in [3.8, 4) is 5.75 Å². The molecule has 0 aliphatic heterocycles. The van der Waals surface area contributed by atoms with Gasteiger partial charge in [0.25, 0.3) is 5.91 Å². The summed E-state index contributed by atoms with van der Waals surface area (Å²) in [6, 6.07) is 11.7. The molecule has 0 atom stereocenters. The molecule has 2 rings (SSSR count). The van der Waals surface area contributed by atoms with Crippen LogP contribution in [0.3, 0.4) is 0 Å². The molecule has 0 saturated carbocycles. The molecule has 0 saturated heterocycles. The predicted octanol–water partition coefficient (Wildman–Crippen LogP) is -0.569. The molecule has 0 aliphatic carbocycles. The van der Waals surface area contributed by atoms with Crippen LogP contribution in [0.2, 0.25) is 0 Å². The predicted molar refractivity (Wildman–Crippen MR) is 75.7 cm³/mol. The van der Waals surface area contributed by atoms with Gasteiger partial charge in [-0.3, -0.25) is 4.79 Å². The van der Waals surface area contributed by atoms with Gasteiger partial charge in [-0.15, -0.1) is 0 Å². The van der Waals surface area contributed by atoms with Crippen molar-refractivity contribution in [1.82, 2.24) is 0 Å². The van der Waals surface area contributed by atoms with Crippen LogP contribution >= 0.6 is 0 Å². The van der Waals surface area contributed by atoms with Crippen molar-refractivity contribution in [2.45, 2.75) is 0 Å². The van der Waals surface area contributed by atoms with Crippen LogP contribution in [0.25, 0.3) is 0 Å². The monoisotopic (exact) mass is 313 g/mol. The maximum absolute atomic E-state index is 11.8. The Morgan fingerprint density at radius 1 is 0.913 bits per heavy atom. The Morgan fingerprint density at radius 3 is 2.00 bits per heavy atom. The van der Waals surface area contributed by atoms with E-state index in [1.807, 2.05) is 0 Å². The normalized spacial score (nSPS) is 9.91. The van der Waals surface area contributed by atoms with Gasteiger partial charge < -0.3 is 29.9 Å². The van der Waals surface area contributed by atoms with Crippen LogP contribution in [0.5, 0.6) is 5.75 Å². The van der Waals surface area contributed by atoms with Gasteiger partial charge in [0.2, 0.25) is 0 Å². The van der Waals surface area contributed by atoms with Gasteiger partial charge in [0.05, 0.1) is 11.9 Å². The quantitative estimate of drug-likeness (QED) is 0.763. The standard InChI is InChI=1S/C16H13NO6/c18-14(9-23-13-4-2-1-3-5-13)17-12-7-10(15(19)20)6-11(8-12)16(21)22/h1-8H,9H2,(H,17,18)(H,19,20)(H,21,22)/p-2. The Kier molecular flexibility index (Phi) is 4.93. The van der Waals surface area contributed by atoms with Gasteiger partial charge in [0.1, 0.15) is 5.75 Å².